The first-order valence-corrected chi connectivity index (χ1v) is 22.4. The van der Waals surface area contributed by atoms with E-state index in [0.29, 0.717) is 25.7 Å². The molecule has 4 unspecified atom stereocenters. The molecule has 6 rings (SSSR count). The molecule has 12 N–H and O–H groups in total. The third-order valence-corrected chi connectivity index (χ3v) is 12.1. The molecule has 0 spiro atoms. The minimum absolute atomic E-state index is 0.0254. The van der Waals surface area contributed by atoms with Crippen LogP contribution in [-0.2, 0) is 48.0 Å². The van der Waals surface area contributed by atoms with Gasteiger partial charge in [-0.1, -0.05) is 109 Å². The van der Waals surface area contributed by atoms with Gasteiger partial charge in [0.1, 0.15) is 29.7 Å². The Balaban J connectivity index is 1.27. The van der Waals surface area contributed by atoms with Gasteiger partial charge < -0.3 is 48.8 Å². The Morgan fingerprint density at radius 3 is 1.89 bits per heavy atom. The van der Waals surface area contributed by atoms with Gasteiger partial charge in [-0.25, -0.2) is 0 Å². The van der Waals surface area contributed by atoms with Crippen LogP contribution >= 0.6 is 0 Å². The van der Waals surface area contributed by atoms with Crippen molar-refractivity contribution in [2.24, 2.45) is 22.2 Å². The van der Waals surface area contributed by atoms with Gasteiger partial charge in [0.2, 0.25) is 35.4 Å². The van der Waals surface area contributed by atoms with Gasteiger partial charge in [-0.2, -0.15) is 0 Å². The number of rotatable bonds is 21. The number of nitrogens with zero attached hydrogens (tertiary/aromatic N) is 1. The molecule has 16 heteroatoms. The predicted octanol–water partition coefficient (Wildman–Crippen LogP) is 2.91. The SMILES string of the molecule is CC(NC(=O)C(Cc1c[nH]c2ccccc12)NC(=O)C(CCCN=C(N)N)NC(=O)C(Cc1ccccc1)NC(=O)C1(NC(=O)Cc2ccccc2)CCC(c2ccccc2)CC1)C(N)=O. The standard InChI is InChI=1S/C50H60N10O6/c1-32(44(51)62)56-46(64)42(30-37-31-55-39-21-12-11-20-38(37)39)58-45(63)40(22-13-27-54-49(52)53)57-47(65)41(28-33-14-5-2-6-15-33)59-48(66)50(60-43(61)29-34-16-7-3-8-17-34)25-23-36(24-26-50)35-18-9-4-10-19-35/h2-12,14-21,31-32,36,40-42,55H,13,22-30H2,1H3,(H2,51,62)(H,56,64)(H,57,65)(H,58,63)(H,59,66)(H,60,61)(H4,52,53,54). The quantitative estimate of drug-likeness (QED) is 0.0300. The van der Waals surface area contributed by atoms with Crippen LogP contribution < -0.4 is 43.8 Å². The highest BCUT2D eigenvalue weighted by atomic mass is 16.2. The maximum atomic E-state index is 14.8. The molecule has 1 saturated carbocycles. The highest BCUT2D eigenvalue weighted by Gasteiger charge is 2.45. The van der Waals surface area contributed by atoms with Crippen LogP contribution in [0.15, 0.2) is 126 Å². The van der Waals surface area contributed by atoms with E-state index in [2.05, 4.69) is 48.7 Å². The fourth-order valence-corrected chi connectivity index (χ4v) is 8.46. The third-order valence-electron chi connectivity index (χ3n) is 12.1. The van der Waals surface area contributed by atoms with Crippen LogP contribution in [0.1, 0.15) is 73.6 Å². The smallest absolute Gasteiger partial charge is 0.246 e. The molecular formula is C50H60N10O6. The molecule has 1 aliphatic carbocycles. The number of aromatic nitrogens is 1. The first-order chi connectivity index (χ1) is 31.8. The lowest BCUT2D eigenvalue weighted by Gasteiger charge is -2.40. The molecule has 1 aromatic heterocycles. The van der Waals surface area contributed by atoms with Gasteiger partial charge in [-0.3, -0.25) is 33.8 Å². The number of H-pyrrole nitrogens is 1. The molecule has 0 bridgehead atoms. The Morgan fingerprint density at radius 2 is 1.24 bits per heavy atom. The first kappa shape index (κ1) is 48.0. The van der Waals surface area contributed by atoms with E-state index in [1.165, 1.54) is 6.92 Å². The van der Waals surface area contributed by atoms with Crippen LogP contribution in [0.3, 0.4) is 0 Å². The van der Waals surface area contributed by atoms with Gasteiger partial charge >= 0.3 is 0 Å². The fraction of sp³-hybridized carbons (Fsp3) is 0.340. The van der Waals surface area contributed by atoms with Crippen LogP contribution in [0, 0.1) is 0 Å². The second kappa shape index (κ2) is 22.9. The summed E-state index contributed by atoms with van der Waals surface area (Å²) in [6.45, 7) is 1.57. The van der Waals surface area contributed by atoms with Crippen LogP contribution in [0.5, 0.6) is 0 Å². The lowest BCUT2D eigenvalue weighted by Crippen LogP contribution is -2.64. The average molecular weight is 897 g/mol. The Kier molecular flexibility index (Phi) is 16.7. The number of guanidine groups is 1. The van der Waals surface area contributed by atoms with Gasteiger partial charge in [-0.15, -0.1) is 0 Å². The van der Waals surface area contributed by atoms with Crippen molar-refractivity contribution in [3.63, 3.8) is 0 Å². The summed E-state index contributed by atoms with van der Waals surface area (Å²) in [7, 11) is 0. The Labute approximate surface area is 384 Å². The highest BCUT2D eigenvalue weighted by Crippen LogP contribution is 2.38. The summed E-state index contributed by atoms with van der Waals surface area (Å²) in [4.78, 5) is 90.7. The van der Waals surface area contributed by atoms with Crippen molar-refractivity contribution < 1.29 is 28.8 Å². The van der Waals surface area contributed by atoms with E-state index in [1.54, 1.807) is 6.20 Å². The molecule has 16 nitrogen and oxygen atoms in total. The minimum Gasteiger partial charge on any atom is -0.370 e. The van der Waals surface area contributed by atoms with Crippen molar-refractivity contribution in [1.29, 1.82) is 0 Å². The Bertz CT molecular complexity index is 2470. The average Bonchev–Trinajstić information content (AvgIpc) is 3.72. The number of benzene rings is 4. The molecule has 0 aliphatic heterocycles. The van der Waals surface area contributed by atoms with E-state index < -0.39 is 59.2 Å². The van der Waals surface area contributed by atoms with E-state index in [9.17, 15) is 28.8 Å². The zero-order valence-electron chi connectivity index (χ0n) is 37.1. The van der Waals surface area contributed by atoms with E-state index in [1.807, 2.05) is 103 Å². The lowest BCUT2D eigenvalue weighted by molar-refractivity contribution is -0.138. The number of aliphatic imine (C=N–C) groups is 1. The number of nitrogens with one attached hydrogen (secondary N) is 6. The van der Waals surface area contributed by atoms with E-state index in [0.717, 1.165) is 33.2 Å². The van der Waals surface area contributed by atoms with Crippen molar-refractivity contribution in [1.82, 2.24) is 31.6 Å². The van der Waals surface area contributed by atoms with E-state index >= 15 is 0 Å². The van der Waals surface area contributed by atoms with Crippen molar-refractivity contribution >= 4 is 52.3 Å². The topological polar surface area (TPSA) is 269 Å². The molecule has 1 aliphatic rings. The molecule has 66 heavy (non-hydrogen) atoms. The van der Waals surface area contributed by atoms with Gasteiger partial charge in [0.05, 0.1) is 6.42 Å². The van der Waals surface area contributed by atoms with Crippen molar-refractivity contribution in [2.45, 2.75) is 100 Å². The van der Waals surface area contributed by atoms with Crippen molar-refractivity contribution in [3.05, 3.63) is 144 Å². The third kappa shape index (κ3) is 13.3. The Morgan fingerprint density at radius 1 is 0.682 bits per heavy atom. The van der Waals surface area contributed by atoms with E-state index in [4.69, 9.17) is 17.2 Å². The van der Waals surface area contributed by atoms with Crippen LogP contribution in [0.25, 0.3) is 10.9 Å². The summed E-state index contributed by atoms with van der Waals surface area (Å²) in [6, 6.07) is 31.2. The first-order valence-electron chi connectivity index (χ1n) is 22.4. The number of carbonyl (C=O) groups excluding carboxylic acids is 6. The van der Waals surface area contributed by atoms with Crippen molar-refractivity contribution in [2.75, 3.05) is 6.54 Å². The van der Waals surface area contributed by atoms with Gasteiger partial charge in [0.25, 0.3) is 0 Å². The van der Waals surface area contributed by atoms with Crippen LogP contribution in [0.4, 0.5) is 0 Å². The number of hydrogen-bond donors (Lipinski definition) is 9. The number of hydrogen-bond acceptors (Lipinski definition) is 7. The van der Waals surface area contributed by atoms with Gasteiger partial charge in [0.15, 0.2) is 5.96 Å². The lowest BCUT2D eigenvalue weighted by atomic mass is 9.73. The van der Waals surface area contributed by atoms with Gasteiger partial charge in [-0.05, 0) is 79.7 Å². The summed E-state index contributed by atoms with van der Waals surface area (Å²) >= 11 is 0. The number of amides is 6. The minimum atomic E-state index is -1.34. The molecule has 1 heterocycles. The van der Waals surface area contributed by atoms with Crippen molar-refractivity contribution in [3.8, 4) is 0 Å². The fourth-order valence-electron chi connectivity index (χ4n) is 8.46. The molecule has 4 aromatic carbocycles. The second-order valence-corrected chi connectivity index (χ2v) is 17.0. The van der Waals surface area contributed by atoms with E-state index in [-0.39, 0.29) is 56.4 Å². The molecule has 0 saturated heterocycles. The number of primary amides is 1. The molecular weight excluding hydrogens is 837 g/mol. The number of carbonyl (C=O) groups is 6. The maximum absolute atomic E-state index is 14.8. The van der Waals surface area contributed by atoms with Crippen LogP contribution in [0.2, 0.25) is 0 Å². The Hall–Kier alpha value is -7.49. The number of para-hydroxylation sites is 1. The number of fused-ring (bicyclic) bond motifs is 1. The molecule has 6 amide bonds. The maximum Gasteiger partial charge on any atom is 0.246 e. The predicted molar refractivity (Wildman–Crippen MR) is 253 cm³/mol. The largest absolute Gasteiger partial charge is 0.370 e. The zero-order valence-corrected chi connectivity index (χ0v) is 37.1. The molecule has 1 fully saturated rings. The summed E-state index contributed by atoms with van der Waals surface area (Å²) < 4.78 is 0. The zero-order chi connectivity index (χ0) is 47.1. The second-order valence-electron chi connectivity index (χ2n) is 17.0. The number of nitrogens with two attached hydrogens (primary N) is 3. The molecule has 5 aromatic rings. The molecule has 0 radical (unpaired) electrons. The summed E-state index contributed by atoms with van der Waals surface area (Å²) in [5.41, 5.74) is 19.5. The van der Waals surface area contributed by atoms with Gasteiger partial charge in [0, 0.05) is 36.5 Å². The number of aromatic amines is 1. The monoisotopic (exact) mass is 896 g/mol. The summed E-state index contributed by atoms with van der Waals surface area (Å²) in [5.74, 6) is -3.62. The van der Waals surface area contributed by atoms with Crippen LogP contribution in [-0.4, -0.2) is 82.6 Å². The molecule has 4 atom stereocenters. The molecule has 346 valence electrons. The normalized spacial score (nSPS) is 17.5. The summed E-state index contributed by atoms with van der Waals surface area (Å²) in [5, 5.41) is 15.2. The summed E-state index contributed by atoms with van der Waals surface area (Å²) in [6.07, 6.45) is 4.04. The highest BCUT2D eigenvalue weighted by molar-refractivity contribution is 5.98.